The van der Waals surface area contributed by atoms with Crippen molar-refractivity contribution in [2.45, 2.75) is 38.6 Å². The van der Waals surface area contributed by atoms with Crippen LogP contribution in [-0.4, -0.2) is 37.7 Å². The van der Waals surface area contributed by atoms with E-state index in [1.165, 1.54) is 31.5 Å². The Hall–Kier alpha value is -1.06. The van der Waals surface area contributed by atoms with Gasteiger partial charge in [-0.1, -0.05) is 12.1 Å². The van der Waals surface area contributed by atoms with Crippen LogP contribution < -0.4 is 10.5 Å². The molecule has 0 aromatic heterocycles. The van der Waals surface area contributed by atoms with Crippen LogP contribution in [0.15, 0.2) is 24.3 Å². The summed E-state index contributed by atoms with van der Waals surface area (Å²) >= 11 is 0. The third kappa shape index (κ3) is 3.53. The van der Waals surface area contributed by atoms with Crippen molar-refractivity contribution in [1.82, 2.24) is 4.90 Å². The summed E-state index contributed by atoms with van der Waals surface area (Å²) < 4.78 is 5.34. The molecule has 1 saturated heterocycles. The van der Waals surface area contributed by atoms with E-state index >= 15 is 0 Å². The first-order chi connectivity index (χ1) is 9.65. The number of hydrogen-bond donors (Lipinski definition) is 1. The van der Waals surface area contributed by atoms with Crippen LogP contribution in [0.4, 0.5) is 0 Å². The third-order valence-corrected chi connectivity index (χ3v) is 4.65. The number of nitrogens with two attached hydrogens (primary N) is 1. The Morgan fingerprint density at radius 1 is 1.30 bits per heavy atom. The monoisotopic (exact) mass is 276 g/mol. The van der Waals surface area contributed by atoms with Gasteiger partial charge in [-0.05, 0) is 75.9 Å². The predicted molar refractivity (Wildman–Crippen MR) is 84.2 cm³/mol. The highest BCUT2D eigenvalue weighted by Gasteiger charge is 2.27. The second kappa shape index (κ2) is 7.09. The van der Waals surface area contributed by atoms with Gasteiger partial charge in [-0.2, -0.15) is 0 Å². The van der Waals surface area contributed by atoms with Gasteiger partial charge in [0.05, 0.1) is 7.11 Å². The first kappa shape index (κ1) is 15.3. The zero-order valence-corrected chi connectivity index (χ0v) is 13.0. The lowest BCUT2D eigenvalue weighted by Gasteiger charge is -2.38. The lowest BCUT2D eigenvalue weighted by molar-refractivity contribution is 0.138. The molecule has 1 atom stereocenters. The number of ether oxygens (including phenoxy) is 1. The zero-order valence-electron chi connectivity index (χ0n) is 13.0. The molecule has 1 aliphatic rings. The molecule has 3 nitrogen and oxygen atoms in total. The average Bonchev–Trinajstić information content (AvgIpc) is 2.49. The summed E-state index contributed by atoms with van der Waals surface area (Å²) in [5.74, 6) is 2.09. The van der Waals surface area contributed by atoms with Crippen LogP contribution in [0.25, 0.3) is 0 Å². The maximum atomic E-state index is 6.07. The Bertz CT molecular complexity index is 411. The van der Waals surface area contributed by atoms with Gasteiger partial charge in [0.25, 0.3) is 0 Å². The van der Waals surface area contributed by atoms with Crippen LogP contribution in [-0.2, 0) is 0 Å². The van der Waals surface area contributed by atoms with Gasteiger partial charge in [-0.25, -0.2) is 0 Å². The second-order valence-corrected chi connectivity index (χ2v) is 6.09. The summed E-state index contributed by atoms with van der Waals surface area (Å²) in [4.78, 5) is 2.57. The lowest BCUT2D eigenvalue weighted by atomic mass is 9.80. The average molecular weight is 276 g/mol. The summed E-state index contributed by atoms with van der Waals surface area (Å²) in [6.45, 7) is 7.68. The standard InChI is InChI=1S/C17H28N2O/c1-13(2)19-9-7-14(8-10-19)17(12-18)15-5-4-6-16(11-15)20-3/h4-6,11,13-14,17H,7-10,12,18H2,1-3H3. The molecule has 3 heteroatoms. The van der Waals surface area contributed by atoms with Gasteiger partial charge in [-0.15, -0.1) is 0 Å². The molecule has 1 unspecified atom stereocenters. The van der Waals surface area contributed by atoms with Gasteiger partial charge in [0, 0.05) is 6.04 Å². The molecular weight excluding hydrogens is 248 g/mol. The molecule has 1 aliphatic heterocycles. The van der Waals surface area contributed by atoms with Crippen LogP contribution in [0.5, 0.6) is 5.75 Å². The van der Waals surface area contributed by atoms with Crippen LogP contribution in [0.3, 0.4) is 0 Å². The highest BCUT2D eigenvalue weighted by molar-refractivity contribution is 5.31. The number of benzene rings is 1. The van der Waals surface area contributed by atoms with Crippen LogP contribution >= 0.6 is 0 Å². The fourth-order valence-corrected chi connectivity index (χ4v) is 3.31. The molecule has 2 rings (SSSR count). The maximum absolute atomic E-state index is 6.07. The molecule has 2 N–H and O–H groups in total. The third-order valence-electron chi connectivity index (χ3n) is 4.65. The Morgan fingerprint density at radius 3 is 2.55 bits per heavy atom. The molecule has 20 heavy (non-hydrogen) atoms. The van der Waals surface area contributed by atoms with Crippen molar-refractivity contribution in [2.24, 2.45) is 11.7 Å². The van der Waals surface area contributed by atoms with Crippen molar-refractivity contribution < 1.29 is 4.74 Å². The Morgan fingerprint density at radius 2 is 2.00 bits per heavy atom. The van der Waals surface area contributed by atoms with Gasteiger partial charge < -0.3 is 15.4 Å². The van der Waals surface area contributed by atoms with Crippen molar-refractivity contribution >= 4 is 0 Å². The molecule has 0 bridgehead atoms. The van der Waals surface area contributed by atoms with Crippen LogP contribution in [0.2, 0.25) is 0 Å². The largest absolute Gasteiger partial charge is 0.497 e. The molecule has 0 aliphatic carbocycles. The van der Waals surface area contributed by atoms with E-state index in [2.05, 4.69) is 36.9 Å². The fraction of sp³-hybridized carbons (Fsp3) is 0.647. The molecule has 0 amide bonds. The minimum Gasteiger partial charge on any atom is -0.497 e. The molecule has 1 aromatic rings. The van der Waals surface area contributed by atoms with Crippen LogP contribution in [0.1, 0.15) is 38.2 Å². The Kier molecular flexibility index (Phi) is 5.44. The first-order valence-corrected chi connectivity index (χ1v) is 7.73. The highest BCUT2D eigenvalue weighted by Crippen LogP contribution is 2.33. The maximum Gasteiger partial charge on any atom is 0.119 e. The molecule has 1 fully saturated rings. The SMILES string of the molecule is COc1cccc(C(CN)C2CCN(C(C)C)CC2)c1. The van der Waals surface area contributed by atoms with E-state index in [4.69, 9.17) is 10.5 Å². The van der Waals surface area contributed by atoms with E-state index in [0.29, 0.717) is 17.9 Å². The molecular formula is C17H28N2O. The number of rotatable bonds is 5. The molecule has 1 heterocycles. The van der Waals surface area contributed by atoms with Crippen molar-refractivity contribution in [1.29, 1.82) is 0 Å². The minimum atomic E-state index is 0.458. The summed E-state index contributed by atoms with van der Waals surface area (Å²) in [6.07, 6.45) is 2.49. The van der Waals surface area contributed by atoms with Gasteiger partial charge in [0.2, 0.25) is 0 Å². The first-order valence-electron chi connectivity index (χ1n) is 7.73. The van der Waals surface area contributed by atoms with Crippen molar-refractivity contribution in [2.75, 3.05) is 26.7 Å². The van der Waals surface area contributed by atoms with E-state index in [0.717, 1.165) is 12.3 Å². The van der Waals surface area contributed by atoms with E-state index in [1.54, 1.807) is 7.11 Å². The number of hydrogen-bond acceptors (Lipinski definition) is 3. The van der Waals surface area contributed by atoms with Crippen LogP contribution in [0, 0.1) is 5.92 Å². The summed E-state index contributed by atoms with van der Waals surface area (Å²) in [7, 11) is 1.72. The molecule has 0 spiro atoms. The van der Waals surface area contributed by atoms with E-state index in [-0.39, 0.29) is 0 Å². The number of likely N-dealkylation sites (tertiary alicyclic amines) is 1. The zero-order chi connectivity index (χ0) is 14.5. The lowest BCUT2D eigenvalue weighted by Crippen LogP contribution is -2.40. The number of methoxy groups -OCH3 is 1. The molecule has 0 saturated carbocycles. The van der Waals surface area contributed by atoms with Gasteiger partial charge in [-0.3, -0.25) is 0 Å². The topological polar surface area (TPSA) is 38.5 Å². The van der Waals surface area contributed by atoms with E-state index in [1.807, 2.05) is 6.07 Å². The van der Waals surface area contributed by atoms with Gasteiger partial charge in [0.15, 0.2) is 0 Å². The smallest absolute Gasteiger partial charge is 0.119 e. The molecule has 0 radical (unpaired) electrons. The number of nitrogens with zero attached hydrogens (tertiary/aromatic N) is 1. The summed E-state index contributed by atoms with van der Waals surface area (Å²) in [5, 5.41) is 0. The van der Waals surface area contributed by atoms with Gasteiger partial charge >= 0.3 is 0 Å². The quantitative estimate of drug-likeness (QED) is 0.898. The Balaban J connectivity index is 2.05. The minimum absolute atomic E-state index is 0.458. The normalized spacial score (nSPS) is 19.2. The van der Waals surface area contributed by atoms with E-state index in [9.17, 15) is 0 Å². The van der Waals surface area contributed by atoms with Crippen molar-refractivity contribution in [3.63, 3.8) is 0 Å². The van der Waals surface area contributed by atoms with Gasteiger partial charge in [0.1, 0.15) is 5.75 Å². The number of piperidine rings is 1. The van der Waals surface area contributed by atoms with E-state index < -0.39 is 0 Å². The molecule has 1 aromatic carbocycles. The summed E-state index contributed by atoms with van der Waals surface area (Å²) in [6, 6.07) is 9.06. The Labute approximate surface area is 123 Å². The highest BCUT2D eigenvalue weighted by atomic mass is 16.5. The molecule has 112 valence electrons. The van der Waals surface area contributed by atoms with Crippen molar-refractivity contribution in [3.05, 3.63) is 29.8 Å². The fourth-order valence-electron chi connectivity index (χ4n) is 3.31. The van der Waals surface area contributed by atoms with Crippen molar-refractivity contribution in [3.8, 4) is 5.75 Å². The second-order valence-electron chi connectivity index (χ2n) is 6.09. The predicted octanol–water partition coefficient (Wildman–Crippen LogP) is 2.86. The summed E-state index contributed by atoms with van der Waals surface area (Å²) in [5.41, 5.74) is 7.40.